The zero-order valence-electron chi connectivity index (χ0n) is 39.9. The molecule has 348 valence electrons. The quantitative estimate of drug-likeness (QED) is 0.0296. The molecule has 2 aromatic carbocycles. The van der Waals surface area contributed by atoms with Gasteiger partial charge in [-0.3, -0.25) is 14.4 Å². The van der Waals surface area contributed by atoms with Crippen molar-refractivity contribution in [2.45, 2.75) is 240 Å². The molecule has 0 amide bonds. The first-order chi connectivity index (χ1) is 30.0. The number of carbonyl (C=O) groups excluding carboxylic acids is 4. The maximum Gasteiger partial charge on any atom is 0.343 e. The second kappa shape index (κ2) is 31.2. The molecule has 0 aliphatic carbocycles. The van der Waals surface area contributed by atoms with E-state index in [1.807, 2.05) is 26.8 Å². The molecule has 0 aromatic heterocycles. The summed E-state index contributed by atoms with van der Waals surface area (Å²) in [7, 11) is 0. The molecular formula is C54H84O8. The van der Waals surface area contributed by atoms with Crippen molar-refractivity contribution >= 4 is 23.7 Å². The largest absolute Gasteiger partial charge is 0.457 e. The number of aryl methyl sites for hydroxylation is 1. The van der Waals surface area contributed by atoms with Gasteiger partial charge in [-0.25, -0.2) is 4.79 Å². The van der Waals surface area contributed by atoms with E-state index in [0.717, 1.165) is 44.1 Å². The van der Waals surface area contributed by atoms with Crippen molar-refractivity contribution < 1.29 is 38.1 Å². The lowest BCUT2D eigenvalue weighted by Gasteiger charge is -2.26. The predicted octanol–water partition coefficient (Wildman–Crippen LogP) is 16.2. The maximum atomic E-state index is 13.8. The molecule has 1 unspecified atom stereocenters. The third kappa shape index (κ3) is 20.2. The van der Waals surface area contributed by atoms with Crippen LogP contribution in [-0.2, 0) is 25.7 Å². The minimum Gasteiger partial charge on any atom is -0.457 e. The number of unbranched alkanes of at least 4 members (excludes halogenated alkanes) is 24. The van der Waals surface area contributed by atoms with Gasteiger partial charge in [0.2, 0.25) is 0 Å². The number of hydrogen-bond acceptors (Lipinski definition) is 8. The molecule has 1 heterocycles. The van der Waals surface area contributed by atoms with Crippen LogP contribution in [0.25, 0.3) is 0 Å². The topological polar surface area (TPSA) is 105 Å². The fourth-order valence-corrected chi connectivity index (χ4v) is 8.60. The minimum absolute atomic E-state index is 0.0215. The number of rotatable bonds is 34. The highest BCUT2D eigenvalue weighted by Crippen LogP contribution is 2.43. The van der Waals surface area contributed by atoms with E-state index in [1.165, 1.54) is 135 Å². The lowest BCUT2D eigenvalue weighted by molar-refractivity contribution is -0.150. The summed E-state index contributed by atoms with van der Waals surface area (Å²) in [6, 6.07) is 6.93. The number of ether oxygens (including phenoxy) is 4. The van der Waals surface area contributed by atoms with Crippen molar-refractivity contribution in [2.24, 2.45) is 5.92 Å². The van der Waals surface area contributed by atoms with Crippen molar-refractivity contribution in [3.05, 3.63) is 52.1 Å². The number of Topliss-reactive ketones (excluding diaryl/α,β-unsaturated/α-hetero) is 1. The van der Waals surface area contributed by atoms with Gasteiger partial charge in [0, 0.05) is 29.5 Å². The highest BCUT2D eigenvalue weighted by molar-refractivity contribution is 6.08. The molecular weight excluding hydrogens is 777 g/mol. The van der Waals surface area contributed by atoms with Gasteiger partial charge >= 0.3 is 17.9 Å². The molecule has 0 N–H and O–H groups in total. The Labute approximate surface area is 376 Å². The normalized spacial score (nSPS) is 12.8. The van der Waals surface area contributed by atoms with Crippen molar-refractivity contribution in [1.29, 1.82) is 0 Å². The summed E-state index contributed by atoms with van der Waals surface area (Å²) in [6.07, 6.45) is 32.1. The standard InChI is InChI=1S/C54H84O8/c1-7-9-11-13-15-17-19-21-23-25-27-29-31-33-49(56)60-47(37-41(3)4)45-35-36-46-52(51(45)43(6)55)54(58)59-40-44-38-42(5)39-48(53(44)62-46)61-50(57)34-32-30-28-26-24-22-20-18-16-14-12-10-8-2/h35-36,38-39,41,47H,7-34,37,40H2,1-6H3. The van der Waals surface area contributed by atoms with Gasteiger partial charge in [-0.2, -0.15) is 0 Å². The summed E-state index contributed by atoms with van der Waals surface area (Å²) in [5, 5.41) is 0. The van der Waals surface area contributed by atoms with E-state index < -0.39 is 12.1 Å². The summed E-state index contributed by atoms with van der Waals surface area (Å²) >= 11 is 0. The van der Waals surface area contributed by atoms with E-state index in [9.17, 15) is 19.2 Å². The SMILES string of the molecule is CCCCCCCCCCCCCCCC(=O)Oc1cc(C)cc2c1Oc1ccc(C(CC(C)C)OC(=O)CCCCCCCCCCCCCCC)c(C(C)=O)c1C(=O)OC2. The van der Waals surface area contributed by atoms with Gasteiger partial charge in [0.25, 0.3) is 0 Å². The lowest BCUT2D eigenvalue weighted by atomic mass is 9.90. The first-order valence-corrected chi connectivity index (χ1v) is 25.1. The number of fused-ring (bicyclic) bond motifs is 2. The Bertz CT molecular complexity index is 1630. The smallest absolute Gasteiger partial charge is 0.343 e. The van der Waals surface area contributed by atoms with E-state index in [4.69, 9.17) is 18.9 Å². The molecule has 0 saturated carbocycles. The van der Waals surface area contributed by atoms with Gasteiger partial charge in [-0.1, -0.05) is 188 Å². The molecule has 0 bridgehead atoms. The first-order valence-electron chi connectivity index (χ1n) is 25.1. The number of esters is 3. The van der Waals surface area contributed by atoms with Crippen LogP contribution in [0.5, 0.6) is 17.2 Å². The average Bonchev–Trinajstić information content (AvgIpc) is 3.23. The van der Waals surface area contributed by atoms with Gasteiger partial charge in [0.1, 0.15) is 24.0 Å². The molecule has 0 saturated heterocycles. The van der Waals surface area contributed by atoms with Crippen LogP contribution in [0.15, 0.2) is 24.3 Å². The summed E-state index contributed by atoms with van der Waals surface area (Å²) in [6.45, 7) is 11.7. The van der Waals surface area contributed by atoms with E-state index >= 15 is 0 Å². The predicted molar refractivity (Wildman–Crippen MR) is 251 cm³/mol. The molecule has 8 nitrogen and oxygen atoms in total. The molecule has 0 radical (unpaired) electrons. The Morgan fingerprint density at radius 1 is 0.645 bits per heavy atom. The van der Waals surface area contributed by atoms with Crippen LogP contribution in [0, 0.1) is 12.8 Å². The fourth-order valence-electron chi connectivity index (χ4n) is 8.60. The summed E-state index contributed by atoms with van der Waals surface area (Å²) < 4.78 is 24.3. The van der Waals surface area contributed by atoms with E-state index in [-0.39, 0.29) is 58.6 Å². The van der Waals surface area contributed by atoms with Crippen LogP contribution in [0.2, 0.25) is 0 Å². The second-order valence-corrected chi connectivity index (χ2v) is 18.5. The third-order valence-electron chi connectivity index (χ3n) is 12.1. The molecule has 62 heavy (non-hydrogen) atoms. The third-order valence-corrected chi connectivity index (χ3v) is 12.1. The van der Waals surface area contributed by atoms with Crippen LogP contribution < -0.4 is 9.47 Å². The van der Waals surface area contributed by atoms with Crippen molar-refractivity contribution in [1.82, 2.24) is 0 Å². The summed E-state index contributed by atoms with van der Waals surface area (Å²) in [5.74, 6) is -0.959. The van der Waals surface area contributed by atoms with Crippen LogP contribution in [-0.4, -0.2) is 23.7 Å². The monoisotopic (exact) mass is 861 g/mol. The fraction of sp³-hybridized carbons (Fsp3) is 0.704. The van der Waals surface area contributed by atoms with Gasteiger partial charge in [0.05, 0.1) is 0 Å². The first kappa shape index (κ1) is 52.7. The second-order valence-electron chi connectivity index (χ2n) is 18.5. The maximum absolute atomic E-state index is 13.8. The van der Waals surface area contributed by atoms with Crippen molar-refractivity contribution in [3.8, 4) is 17.2 Å². The lowest BCUT2D eigenvalue weighted by Crippen LogP contribution is -2.21. The van der Waals surface area contributed by atoms with E-state index in [2.05, 4.69) is 13.8 Å². The van der Waals surface area contributed by atoms with Gasteiger partial charge < -0.3 is 18.9 Å². The Hall–Kier alpha value is -3.68. The molecule has 8 heteroatoms. The zero-order chi connectivity index (χ0) is 45.0. The Morgan fingerprint density at radius 3 is 1.58 bits per heavy atom. The molecule has 0 fully saturated rings. The average molecular weight is 861 g/mol. The molecule has 0 spiro atoms. The number of hydrogen-bond donors (Lipinski definition) is 0. The summed E-state index contributed by atoms with van der Waals surface area (Å²) in [4.78, 5) is 53.6. The molecule has 1 atom stereocenters. The zero-order valence-corrected chi connectivity index (χ0v) is 39.9. The van der Waals surface area contributed by atoms with E-state index in [0.29, 0.717) is 30.4 Å². The Balaban J connectivity index is 1.60. The number of benzene rings is 2. The van der Waals surface area contributed by atoms with Gasteiger partial charge in [-0.15, -0.1) is 0 Å². The van der Waals surface area contributed by atoms with Gasteiger partial charge in [0.15, 0.2) is 17.3 Å². The van der Waals surface area contributed by atoms with Crippen LogP contribution in [0.3, 0.4) is 0 Å². The Kier molecular flexibility index (Phi) is 26.5. The minimum atomic E-state index is -0.733. The number of carbonyl (C=O) groups is 4. The Morgan fingerprint density at radius 2 is 1.11 bits per heavy atom. The summed E-state index contributed by atoms with van der Waals surface area (Å²) in [5.41, 5.74) is 1.93. The van der Waals surface area contributed by atoms with Gasteiger partial charge in [-0.05, 0) is 62.8 Å². The highest BCUT2D eigenvalue weighted by Gasteiger charge is 2.33. The van der Waals surface area contributed by atoms with Crippen LogP contribution >= 0.6 is 0 Å². The number of ketones is 1. The number of cyclic esters (lactones) is 1. The molecule has 2 aromatic rings. The molecule has 1 aliphatic heterocycles. The highest BCUT2D eigenvalue weighted by atomic mass is 16.6. The van der Waals surface area contributed by atoms with E-state index in [1.54, 1.807) is 18.2 Å². The molecule has 3 rings (SSSR count). The van der Waals surface area contributed by atoms with Crippen molar-refractivity contribution in [3.63, 3.8) is 0 Å². The van der Waals surface area contributed by atoms with Crippen molar-refractivity contribution in [2.75, 3.05) is 0 Å². The van der Waals surface area contributed by atoms with Crippen LogP contribution in [0.1, 0.15) is 264 Å². The molecule has 1 aliphatic rings. The van der Waals surface area contributed by atoms with Crippen LogP contribution in [0.4, 0.5) is 0 Å².